The predicted octanol–water partition coefficient (Wildman–Crippen LogP) is 2.23. The van der Waals surface area contributed by atoms with E-state index in [1.54, 1.807) is 12.1 Å². The molecule has 0 aliphatic rings. The third-order valence-electron chi connectivity index (χ3n) is 2.83. The van der Waals surface area contributed by atoms with Crippen LogP contribution in [-0.2, 0) is 27.7 Å². The standard InChI is InChI=1S/C8H10N.C7H6O2.Hg/c1-9(2)8-6-4-3-5-7-8;8-7(9)6-4-2-1-3-5-6;/h4-7H,1-2H3;1-5H,(H,8,9);/q;;+1/p-1. The quantitative estimate of drug-likeness (QED) is 0.682. The Hall–Kier alpha value is -1.35. The molecule has 0 amide bonds. The fourth-order valence-corrected chi connectivity index (χ4v) is 5.17. The summed E-state index contributed by atoms with van der Waals surface area (Å²) in [5, 5.41) is 0. The molecule has 0 atom stereocenters. The van der Waals surface area contributed by atoms with Crippen LogP contribution in [0.3, 0.4) is 0 Å². The van der Waals surface area contributed by atoms with E-state index in [1.165, 1.54) is 3.07 Å². The molecule has 0 bridgehead atoms. The molecule has 0 fully saturated rings. The van der Waals surface area contributed by atoms with Crippen molar-refractivity contribution in [3.05, 3.63) is 60.2 Å². The molecule has 3 nitrogen and oxygen atoms in total. The summed E-state index contributed by atoms with van der Waals surface area (Å²) in [5.41, 5.74) is 1.79. The molecule has 0 saturated carbocycles. The number of carbonyl (C=O) groups is 1. The number of rotatable bonds is 4. The van der Waals surface area contributed by atoms with Gasteiger partial charge in [-0.2, -0.15) is 0 Å². The van der Waals surface area contributed by atoms with Gasteiger partial charge in [0, 0.05) is 0 Å². The number of carbonyl (C=O) groups excluding carboxylic acids is 1. The van der Waals surface area contributed by atoms with Crippen LogP contribution in [0, 0.1) is 0 Å². The first-order valence-corrected chi connectivity index (χ1v) is 11.1. The van der Waals surface area contributed by atoms with Crippen LogP contribution in [0.4, 0.5) is 5.69 Å². The maximum absolute atomic E-state index is 11.8. The van der Waals surface area contributed by atoms with Gasteiger partial charge in [-0.25, -0.2) is 0 Å². The number of hydrogen-bond acceptors (Lipinski definition) is 3. The van der Waals surface area contributed by atoms with E-state index in [0.29, 0.717) is 5.56 Å². The minimum absolute atomic E-state index is 0.195. The first-order chi connectivity index (χ1) is 9.16. The van der Waals surface area contributed by atoms with Crippen LogP contribution in [0.1, 0.15) is 10.4 Å². The van der Waals surface area contributed by atoms with Gasteiger partial charge in [0.1, 0.15) is 0 Å². The average Bonchev–Trinajstić information content (AvgIpc) is 2.46. The monoisotopic (exact) mass is 443 g/mol. The molecule has 0 N–H and O–H groups in total. The van der Waals surface area contributed by atoms with Gasteiger partial charge in [-0.15, -0.1) is 0 Å². The van der Waals surface area contributed by atoms with E-state index in [-0.39, 0.29) is 5.97 Å². The van der Waals surface area contributed by atoms with Gasteiger partial charge in [-0.3, -0.25) is 0 Å². The topological polar surface area (TPSA) is 29.5 Å². The second-order valence-electron chi connectivity index (χ2n) is 4.50. The van der Waals surface area contributed by atoms with Gasteiger partial charge < -0.3 is 0 Å². The second kappa shape index (κ2) is 6.71. The summed E-state index contributed by atoms with van der Waals surface area (Å²) in [7, 11) is 4.02. The van der Waals surface area contributed by atoms with E-state index in [9.17, 15) is 4.79 Å². The molecule has 0 spiro atoms. The summed E-state index contributed by atoms with van der Waals surface area (Å²) in [4.78, 5) is 13.9. The molecule has 0 aromatic heterocycles. The molecule has 2 aromatic carbocycles. The number of benzene rings is 2. The van der Waals surface area contributed by atoms with Crippen LogP contribution in [0.2, 0.25) is 0 Å². The van der Waals surface area contributed by atoms with E-state index in [2.05, 4.69) is 29.2 Å². The Balaban J connectivity index is 1.94. The summed E-state index contributed by atoms with van der Waals surface area (Å²) in [6, 6.07) is 17.4. The van der Waals surface area contributed by atoms with Crippen LogP contribution in [0.25, 0.3) is 0 Å². The maximum atomic E-state index is 11.8. The van der Waals surface area contributed by atoms with Gasteiger partial charge in [0.2, 0.25) is 0 Å². The Bertz CT molecular complexity index is 538. The molecule has 0 aliphatic carbocycles. The number of nitrogens with zero attached hydrogens (tertiary/aromatic N) is 1. The molecule has 19 heavy (non-hydrogen) atoms. The molecule has 0 radical (unpaired) electrons. The third kappa shape index (κ3) is 4.06. The summed E-state index contributed by atoms with van der Waals surface area (Å²) in [6.45, 7) is 0. The van der Waals surface area contributed by atoms with Crippen molar-refractivity contribution in [1.29, 1.82) is 0 Å². The number of anilines is 1. The molecule has 0 saturated heterocycles. The van der Waals surface area contributed by atoms with Crippen molar-refractivity contribution in [2.75, 3.05) is 19.0 Å². The van der Waals surface area contributed by atoms with E-state index in [0.717, 1.165) is 5.69 Å². The third-order valence-corrected chi connectivity index (χ3v) is 7.54. The van der Waals surface area contributed by atoms with Crippen LogP contribution < -0.4 is 7.97 Å². The van der Waals surface area contributed by atoms with Crippen LogP contribution in [0.5, 0.6) is 0 Å². The Morgan fingerprint density at radius 3 is 2.21 bits per heavy atom. The SMILES string of the molecule is CN(C)c1cc[c]([Hg][O]C(=O)c2ccccc2)cc1. The Kier molecular flexibility index (Phi) is 4.96. The fourth-order valence-electron chi connectivity index (χ4n) is 1.70. The summed E-state index contributed by atoms with van der Waals surface area (Å²) < 4.78 is 6.69. The molecule has 2 rings (SSSR count). The molecule has 0 unspecified atom stereocenters. The molecule has 0 heterocycles. The van der Waals surface area contributed by atoms with Crippen molar-refractivity contribution < 1.29 is 32.5 Å². The van der Waals surface area contributed by atoms with E-state index >= 15 is 0 Å². The van der Waals surface area contributed by atoms with Crippen molar-refractivity contribution in [1.82, 2.24) is 0 Å². The minimum atomic E-state index is -1.79. The van der Waals surface area contributed by atoms with E-state index in [1.807, 2.05) is 32.3 Å². The summed E-state index contributed by atoms with van der Waals surface area (Å²) in [5.74, 6) is -0.195. The molecule has 2 aromatic rings. The average molecular weight is 442 g/mol. The van der Waals surface area contributed by atoms with Crippen molar-refractivity contribution in [3.63, 3.8) is 0 Å². The van der Waals surface area contributed by atoms with Crippen LogP contribution in [0.15, 0.2) is 54.6 Å². The van der Waals surface area contributed by atoms with Crippen LogP contribution in [-0.4, -0.2) is 20.1 Å². The van der Waals surface area contributed by atoms with Crippen LogP contribution >= 0.6 is 0 Å². The summed E-state index contributed by atoms with van der Waals surface area (Å²) in [6.07, 6.45) is 0. The second-order valence-corrected chi connectivity index (χ2v) is 9.92. The molecular formula is C15H15HgNO2. The van der Waals surface area contributed by atoms with Crippen molar-refractivity contribution >= 4 is 14.7 Å². The van der Waals surface area contributed by atoms with Crippen molar-refractivity contribution in [2.45, 2.75) is 0 Å². The van der Waals surface area contributed by atoms with Gasteiger partial charge in [-0.1, -0.05) is 0 Å². The number of hydrogen-bond donors (Lipinski definition) is 0. The molecular weight excluding hydrogens is 427 g/mol. The Morgan fingerprint density at radius 1 is 1.00 bits per heavy atom. The predicted molar refractivity (Wildman–Crippen MR) is 72.3 cm³/mol. The summed E-state index contributed by atoms with van der Waals surface area (Å²) >= 11 is -1.79. The van der Waals surface area contributed by atoms with Crippen molar-refractivity contribution in [3.8, 4) is 0 Å². The Morgan fingerprint density at radius 2 is 1.63 bits per heavy atom. The van der Waals surface area contributed by atoms with E-state index < -0.39 is 25.0 Å². The zero-order valence-corrected chi connectivity index (χ0v) is 16.7. The van der Waals surface area contributed by atoms with Gasteiger partial charge in [0.15, 0.2) is 0 Å². The van der Waals surface area contributed by atoms with Crippen molar-refractivity contribution in [2.24, 2.45) is 0 Å². The first kappa shape index (κ1) is 14.1. The molecule has 0 aliphatic heterocycles. The zero-order valence-electron chi connectivity index (χ0n) is 11.2. The Labute approximate surface area is 126 Å². The van der Waals surface area contributed by atoms with Gasteiger partial charge in [-0.05, 0) is 0 Å². The normalized spacial score (nSPS) is 9.58. The fraction of sp³-hybridized carbons (Fsp3) is 0.133. The van der Waals surface area contributed by atoms with E-state index in [4.69, 9.17) is 2.64 Å². The first-order valence-electron chi connectivity index (χ1n) is 6.15. The zero-order chi connectivity index (χ0) is 13.7. The van der Waals surface area contributed by atoms with Gasteiger partial charge in [0.25, 0.3) is 0 Å². The molecule has 94 valence electrons. The van der Waals surface area contributed by atoms with Gasteiger partial charge in [0.05, 0.1) is 0 Å². The van der Waals surface area contributed by atoms with Gasteiger partial charge >= 0.3 is 126 Å². The molecule has 4 heteroatoms.